The van der Waals surface area contributed by atoms with Crippen LogP contribution in [-0.4, -0.2) is 25.5 Å². The number of amides is 1. The van der Waals surface area contributed by atoms with Crippen LogP contribution in [0.1, 0.15) is 17.7 Å². The first kappa shape index (κ1) is 17.5. The Hall–Kier alpha value is -2.31. The minimum atomic E-state index is -0.122. The number of rotatable bonds is 6. The van der Waals surface area contributed by atoms with Crippen LogP contribution in [0, 0.1) is 6.92 Å². The number of aromatic nitrogens is 4. The van der Waals surface area contributed by atoms with Crippen molar-refractivity contribution >= 4 is 34.9 Å². The lowest BCUT2D eigenvalue weighted by Gasteiger charge is -2.05. The van der Waals surface area contributed by atoms with E-state index < -0.39 is 0 Å². The van der Waals surface area contributed by atoms with E-state index in [4.69, 9.17) is 23.2 Å². The second-order valence-electron chi connectivity index (χ2n) is 5.67. The molecule has 8 heteroatoms. The molecule has 1 N–H and O–H groups in total. The van der Waals surface area contributed by atoms with Crippen molar-refractivity contribution in [2.75, 3.05) is 5.32 Å². The Bertz CT molecular complexity index is 870. The molecule has 25 heavy (non-hydrogen) atoms. The van der Waals surface area contributed by atoms with E-state index in [1.54, 1.807) is 17.1 Å². The maximum atomic E-state index is 12.1. The monoisotopic (exact) mass is 377 g/mol. The number of nitrogens with zero attached hydrogens (tertiary/aromatic N) is 4. The van der Waals surface area contributed by atoms with Gasteiger partial charge in [0.2, 0.25) is 5.91 Å². The average molecular weight is 378 g/mol. The fourth-order valence-electron chi connectivity index (χ4n) is 2.38. The van der Waals surface area contributed by atoms with Crippen LogP contribution in [0.3, 0.4) is 0 Å². The van der Waals surface area contributed by atoms with Crippen molar-refractivity contribution in [3.8, 4) is 0 Å². The highest BCUT2D eigenvalue weighted by Crippen LogP contribution is 2.14. The standard InChI is InChI=1S/C17H17Cl2N5O/c1-12-8-16(21-17(25)6-7-23-11-15(19)9-20-23)22-24(12)10-13-2-4-14(18)5-3-13/h2-5,8-9,11H,6-7,10H2,1H3,(H,21,22,25). The Morgan fingerprint density at radius 1 is 1.20 bits per heavy atom. The molecular formula is C17H17Cl2N5O. The van der Waals surface area contributed by atoms with Gasteiger partial charge in [-0.3, -0.25) is 14.2 Å². The molecule has 0 radical (unpaired) electrons. The summed E-state index contributed by atoms with van der Waals surface area (Å²) in [6.07, 6.45) is 3.52. The fraction of sp³-hybridized carbons (Fsp3) is 0.235. The normalized spacial score (nSPS) is 10.8. The lowest BCUT2D eigenvalue weighted by molar-refractivity contribution is -0.116. The van der Waals surface area contributed by atoms with Crippen molar-refractivity contribution < 1.29 is 4.79 Å². The molecule has 130 valence electrons. The SMILES string of the molecule is Cc1cc(NC(=O)CCn2cc(Cl)cn2)nn1Cc1ccc(Cl)cc1. The van der Waals surface area contributed by atoms with Crippen molar-refractivity contribution in [1.29, 1.82) is 0 Å². The summed E-state index contributed by atoms with van der Waals surface area (Å²) in [6.45, 7) is 3.03. The molecule has 0 unspecified atom stereocenters. The predicted molar refractivity (Wildman–Crippen MR) is 98.0 cm³/mol. The van der Waals surface area contributed by atoms with Gasteiger partial charge in [0.05, 0.1) is 17.8 Å². The van der Waals surface area contributed by atoms with Crippen molar-refractivity contribution in [2.24, 2.45) is 0 Å². The molecule has 0 aliphatic carbocycles. The quantitative estimate of drug-likeness (QED) is 0.710. The van der Waals surface area contributed by atoms with Gasteiger partial charge in [-0.25, -0.2) is 0 Å². The summed E-state index contributed by atoms with van der Waals surface area (Å²) < 4.78 is 3.47. The van der Waals surface area contributed by atoms with Gasteiger partial charge >= 0.3 is 0 Å². The first-order valence-corrected chi connectivity index (χ1v) is 8.52. The molecule has 0 bridgehead atoms. The third-order valence-electron chi connectivity index (χ3n) is 3.66. The molecule has 1 amide bonds. The summed E-state index contributed by atoms with van der Waals surface area (Å²) >= 11 is 11.7. The third kappa shape index (κ3) is 4.84. The van der Waals surface area contributed by atoms with Crippen LogP contribution in [0.25, 0.3) is 0 Å². The second-order valence-corrected chi connectivity index (χ2v) is 6.55. The summed E-state index contributed by atoms with van der Waals surface area (Å²) in [4.78, 5) is 12.1. The summed E-state index contributed by atoms with van der Waals surface area (Å²) in [5.74, 6) is 0.415. The van der Waals surface area contributed by atoms with Crippen molar-refractivity contribution in [1.82, 2.24) is 19.6 Å². The molecular weight excluding hydrogens is 361 g/mol. The highest BCUT2D eigenvalue weighted by atomic mass is 35.5. The van der Waals surface area contributed by atoms with Gasteiger partial charge in [-0.05, 0) is 24.6 Å². The first-order chi connectivity index (χ1) is 12.0. The number of hydrogen-bond donors (Lipinski definition) is 1. The van der Waals surface area contributed by atoms with Gasteiger partial charge in [0, 0.05) is 35.9 Å². The van der Waals surface area contributed by atoms with Crippen LogP contribution < -0.4 is 5.32 Å². The summed E-state index contributed by atoms with van der Waals surface area (Å²) in [5, 5.41) is 12.5. The summed E-state index contributed by atoms with van der Waals surface area (Å²) in [5.41, 5.74) is 2.05. The van der Waals surface area contributed by atoms with Crippen LogP contribution in [0.4, 0.5) is 5.82 Å². The van der Waals surface area contributed by atoms with Gasteiger partial charge < -0.3 is 5.32 Å². The van der Waals surface area contributed by atoms with Crippen LogP contribution >= 0.6 is 23.2 Å². The second kappa shape index (κ2) is 7.72. The van der Waals surface area contributed by atoms with E-state index in [0.717, 1.165) is 11.3 Å². The molecule has 0 saturated carbocycles. The molecule has 6 nitrogen and oxygen atoms in total. The van der Waals surface area contributed by atoms with Gasteiger partial charge in [-0.2, -0.15) is 10.2 Å². The molecule has 0 aliphatic heterocycles. The van der Waals surface area contributed by atoms with Crippen LogP contribution in [-0.2, 0) is 17.9 Å². The number of hydrogen-bond acceptors (Lipinski definition) is 3. The molecule has 0 aliphatic rings. The third-order valence-corrected chi connectivity index (χ3v) is 4.11. The summed E-state index contributed by atoms with van der Waals surface area (Å²) in [7, 11) is 0. The zero-order chi connectivity index (χ0) is 17.8. The van der Waals surface area contributed by atoms with Gasteiger partial charge in [-0.15, -0.1) is 0 Å². The number of halogens is 2. The van der Waals surface area contributed by atoms with Gasteiger partial charge in [0.15, 0.2) is 5.82 Å². The van der Waals surface area contributed by atoms with E-state index in [2.05, 4.69) is 15.5 Å². The number of carbonyl (C=O) groups is 1. The molecule has 0 saturated heterocycles. The summed E-state index contributed by atoms with van der Waals surface area (Å²) in [6, 6.07) is 9.45. The van der Waals surface area contributed by atoms with Gasteiger partial charge in [0.1, 0.15) is 0 Å². The molecule has 1 aromatic carbocycles. The lowest BCUT2D eigenvalue weighted by atomic mass is 10.2. The zero-order valence-electron chi connectivity index (χ0n) is 13.6. The zero-order valence-corrected chi connectivity index (χ0v) is 15.1. The van der Waals surface area contributed by atoms with Gasteiger partial charge in [-0.1, -0.05) is 35.3 Å². The Balaban J connectivity index is 1.57. The van der Waals surface area contributed by atoms with Crippen molar-refractivity contribution in [3.63, 3.8) is 0 Å². The minimum Gasteiger partial charge on any atom is -0.309 e. The average Bonchev–Trinajstić information content (AvgIpc) is 3.13. The molecule has 0 fully saturated rings. The number of carbonyl (C=O) groups excluding carboxylic acids is 1. The first-order valence-electron chi connectivity index (χ1n) is 7.76. The molecule has 2 aromatic heterocycles. The van der Waals surface area contributed by atoms with E-state index in [1.807, 2.05) is 41.9 Å². The smallest absolute Gasteiger partial charge is 0.227 e. The fourth-order valence-corrected chi connectivity index (χ4v) is 2.66. The topological polar surface area (TPSA) is 64.7 Å². The molecule has 2 heterocycles. The number of anilines is 1. The molecule has 0 atom stereocenters. The van der Waals surface area contributed by atoms with Crippen LogP contribution in [0.2, 0.25) is 10.0 Å². The molecule has 3 rings (SSSR count). The van der Waals surface area contributed by atoms with E-state index in [-0.39, 0.29) is 5.91 Å². The molecule has 0 spiro atoms. The number of nitrogens with one attached hydrogen (secondary N) is 1. The van der Waals surface area contributed by atoms with Crippen molar-refractivity contribution in [3.05, 3.63) is 64.0 Å². The maximum Gasteiger partial charge on any atom is 0.227 e. The Morgan fingerprint density at radius 3 is 2.64 bits per heavy atom. The number of aryl methyl sites for hydroxylation is 2. The van der Waals surface area contributed by atoms with E-state index >= 15 is 0 Å². The molecule has 3 aromatic rings. The Morgan fingerprint density at radius 2 is 1.96 bits per heavy atom. The maximum absolute atomic E-state index is 12.1. The van der Waals surface area contributed by atoms with Crippen LogP contribution in [0.5, 0.6) is 0 Å². The highest BCUT2D eigenvalue weighted by Gasteiger charge is 2.09. The minimum absolute atomic E-state index is 0.122. The van der Waals surface area contributed by atoms with E-state index in [1.165, 1.54) is 0 Å². The highest BCUT2D eigenvalue weighted by molar-refractivity contribution is 6.30. The number of benzene rings is 1. The largest absolute Gasteiger partial charge is 0.309 e. The Labute approximate surface area is 155 Å². The van der Waals surface area contributed by atoms with E-state index in [0.29, 0.717) is 35.4 Å². The van der Waals surface area contributed by atoms with Crippen LogP contribution in [0.15, 0.2) is 42.7 Å². The Kier molecular flexibility index (Phi) is 5.40. The van der Waals surface area contributed by atoms with Crippen molar-refractivity contribution in [2.45, 2.75) is 26.4 Å². The lowest BCUT2D eigenvalue weighted by Crippen LogP contribution is -2.15. The predicted octanol–water partition coefficient (Wildman–Crippen LogP) is 3.77. The van der Waals surface area contributed by atoms with E-state index in [9.17, 15) is 4.79 Å². The van der Waals surface area contributed by atoms with Gasteiger partial charge in [0.25, 0.3) is 0 Å².